The van der Waals surface area contributed by atoms with Crippen molar-refractivity contribution in [2.75, 3.05) is 6.54 Å². The highest BCUT2D eigenvalue weighted by Gasteiger charge is 2.24. The first-order valence-electron chi connectivity index (χ1n) is 6.89. The van der Waals surface area contributed by atoms with Gasteiger partial charge in [0.15, 0.2) is 0 Å². The Morgan fingerprint density at radius 3 is 2.84 bits per heavy atom. The minimum absolute atomic E-state index is 0.490. The Morgan fingerprint density at radius 1 is 1.32 bits per heavy atom. The van der Waals surface area contributed by atoms with Crippen LogP contribution in [0.1, 0.15) is 49.3 Å². The van der Waals surface area contributed by atoms with Crippen LogP contribution in [0.5, 0.6) is 0 Å². The van der Waals surface area contributed by atoms with E-state index in [1.807, 2.05) is 0 Å². The monoisotopic (exact) mass is 279 g/mol. The molecule has 5 nitrogen and oxygen atoms in total. The quantitative estimate of drug-likeness (QED) is 0.876. The van der Waals surface area contributed by atoms with E-state index in [1.165, 1.54) is 38.4 Å². The van der Waals surface area contributed by atoms with Crippen LogP contribution in [-0.4, -0.2) is 26.1 Å². The van der Waals surface area contributed by atoms with Crippen molar-refractivity contribution in [1.29, 1.82) is 0 Å². The van der Waals surface area contributed by atoms with E-state index in [9.17, 15) is 0 Å². The van der Waals surface area contributed by atoms with Crippen molar-refractivity contribution >= 4 is 17.4 Å². The summed E-state index contributed by atoms with van der Waals surface area (Å²) in [4.78, 5) is 8.49. The molecule has 1 aliphatic carbocycles. The minimum Gasteiger partial charge on any atom is -0.330 e. The average Bonchev–Trinajstić information content (AvgIpc) is 2.88. The molecule has 0 amide bonds. The van der Waals surface area contributed by atoms with E-state index >= 15 is 0 Å². The number of aromatic nitrogens is 4. The fraction of sp³-hybridized carbons (Fsp3) is 0.615. The second-order valence-corrected chi connectivity index (χ2v) is 5.47. The Morgan fingerprint density at radius 2 is 2.11 bits per heavy atom. The molecule has 1 aliphatic rings. The molecule has 0 saturated heterocycles. The molecule has 0 radical (unpaired) electrons. The van der Waals surface area contributed by atoms with Gasteiger partial charge in [0, 0.05) is 12.0 Å². The molecular weight excluding hydrogens is 262 g/mol. The fourth-order valence-corrected chi connectivity index (χ4v) is 3.39. The average molecular weight is 280 g/mol. The van der Waals surface area contributed by atoms with Crippen LogP contribution >= 0.6 is 11.6 Å². The first kappa shape index (κ1) is 12.8. The highest BCUT2D eigenvalue weighted by Crippen LogP contribution is 2.37. The summed E-state index contributed by atoms with van der Waals surface area (Å²) in [5, 5.41) is 4.84. The third kappa shape index (κ3) is 2.32. The zero-order valence-corrected chi connectivity index (χ0v) is 11.6. The van der Waals surface area contributed by atoms with Gasteiger partial charge >= 0.3 is 0 Å². The molecule has 0 unspecified atom stereocenters. The molecule has 0 aromatic carbocycles. The first-order chi connectivity index (χ1) is 9.31. The van der Waals surface area contributed by atoms with Crippen molar-refractivity contribution in [2.45, 2.75) is 44.4 Å². The van der Waals surface area contributed by atoms with Crippen LogP contribution in [-0.2, 0) is 6.42 Å². The highest BCUT2D eigenvalue weighted by molar-refractivity contribution is 6.30. The van der Waals surface area contributed by atoms with Crippen LogP contribution in [0.2, 0.25) is 5.15 Å². The second kappa shape index (κ2) is 5.43. The van der Waals surface area contributed by atoms with Gasteiger partial charge in [-0.2, -0.15) is 15.1 Å². The van der Waals surface area contributed by atoms with Gasteiger partial charge in [0.2, 0.25) is 0 Å². The summed E-state index contributed by atoms with van der Waals surface area (Å²) in [5.41, 5.74) is 7.97. The molecule has 2 N–H and O–H groups in total. The van der Waals surface area contributed by atoms with Gasteiger partial charge in [0.25, 0.3) is 5.78 Å². The Labute approximate surface area is 117 Å². The van der Waals surface area contributed by atoms with E-state index in [0.29, 0.717) is 23.4 Å². The number of hydrogen-bond acceptors (Lipinski definition) is 4. The topological polar surface area (TPSA) is 69.1 Å². The zero-order valence-electron chi connectivity index (χ0n) is 10.8. The van der Waals surface area contributed by atoms with Crippen molar-refractivity contribution in [3.8, 4) is 0 Å². The molecule has 0 spiro atoms. The van der Waals surface area contributed by atoms with Gasteiger partial charge in [-0.3, -0.25) is 0 Å². The predicted octanol–water partition coefficient (Wildman–Crippen LogP) is 2.33. The van der Waals surface area contributed by atoms with E-state index in [-0.39, 0.29) is 0 Å². The molecule has 2 heterocycles. The molecule has 0 bridgehead atoms. The van der Waals surface area contributed by atoms with Crippen LogP contribution in [0.3, 0.4) is 0 Å². The van der Waals surface area contributed by atoms with Crippen LogP contribution < -0.4 is 5.73 Å². The highest BCUT2D eigenvalue weighted by atomic mass is 35.5. The molecule has 1 fully saturated rings. The normalized spacial score (nSPS) is 17.2. The number of hydrogen-bond donors (Lipinski definition) is 1. The number of halogens is 1. The maximum atomic E-state index is 6.40. The van der Waals surface area contributed by atoms with Gasteiger partial charge in [0.1, 0.15) is 11.5 Å². The third-order valence-electron chi connectivity index (χ3n) is 3.91. The van der Waals surface area contributed by atoms with Gasteiger partial charge in [-0.1, -0.05) is 30.9 Å². The van der Waals surface area contributed by atoms with Gasteiger partial charge in [0.05, 0.1) is 5.69 Å². The van der Waals surface area contributed by atoms with Crippen molar-refractivity contribution in [2.24, 2.45) is 5.73 Å². The van der Waals surface area contributed by atoms with Crippen molar-refractivity contribution in [3.05, 3.63) is 22.7 Å². The summed E-state index contributed by atoms with van der Waals surface area (Å²) >= 11 is 6.40. The maximum Gasteiger partial charge on any atom is 0.253 e. The second-order valence-electron chi connectivity index (χ2n) is 5.11. The van der Waals surface area contributed by atoms with Gasteiger partial charge < -0.3 is 5.73 Å². The summed E-state index contributed by atoms with van der Waals surface area (Å²) < 4.78 is 1.79. The molecule has 19 heavy (non-hydrogen) atoms. The molecule has 6 heteroatoms. The number of rotatable bonds is 3. The molecular formula is C13H18ClN5. The number of nitrogens with zero attached hydrogens (tertiary/aromatic N) is 4. The van der Waals surface area contributed by atoms with Gasteiger partial charge in [-0.25, -0.2) is 4.52 Å². The Hall–Kier alpha value is -1.20. The molecule has 2 aromatic rings. The number of fused-ring (bicyclic) bond motifs is 1. The lowest BCUT2D eigenvalue weighted by Gasteiger charge is -2.25. The van der Waals surface area contributed by atoms with Gasteiger partial charge in [-0.05, 0) is 25.3 Å². The maximum absolute atomic E-state index is 6.40. The summed E-state index contributed by atoms with van der Waals surface area (Å²) in [7, 11) is 0. The Balaban J connectivity index is 2.14. The van der Waals surface area contributed by atoms with Gasteiger partial charge in [-0.15, -0.1) is 0 Å². The van der Waals surface area contributed by atoms with Crippen molar-refractivity contribution in [1.82, 2.24) is 19.6 Å². The first-order valence-corrected chi connectivity index (χ1v) is 7.27. The number of nitrogens with two attached hydrogens (primary N) is 1. The molecule has 0 aliphatic heterocycles. The fourth-order valence-electron chi connectivity index (χ4n) is 3.06. The minimum atomic E-state index is 0.490. The SMILES string of the molecule is NCCc1c(C2CCCCC2)c(Cl)nc2ncnn12. The van der Waals surface area contributed by atoms with E-state index in [0.717, 1.165) is 17.7 Å². The molecule has 0 atom stereocenters. The van der Waals surface area contributed by atoms with E-state index < -0.39 is 0 Å². The lowest BCUT2D eigenvalue weighted by molar-refractivity contribution is 0.438. The lowest BCUT2D eigenvalue weighted by Crippen LogP contribution is -2.16. The summed E-state index contributed by atoms with van der Waals surface area (Å²) in [5.74, 6) is 1.05. The van der Waals surface area contributed by atoms with Crippen LogP contribution in [0, 0.1) is 0 Å². The zero-order chi connectivity index (χ0) is 13.2. The largest absolute Gasteiger partial charge is 0.330 e. The lowest BCUT2D eigenvalue weighted by atomic mass is 9.83. The predicted molar refractivity (Wildman–Crippen MR) is 74.4 cm³/mol. The van der Waals surface area contributed by atoms with Crippen molar-refractivity contribution in [3.63, 3.8) is 0 Å². The Bertz CT molecular complexity index is 574. The summed E-state index contributed by atoms with van der Waals surface area (Å²) in [6, 6.07) is 0. The van der Waals surface area contributed by atoms with Crippen LogP contribution in [0.15, 0.2) is 6.33 Å². The molecule has 102 valence electrons. The van der Waals surface area contributed by atoms with E-state index in [1.54, 1.807) is 4.52 Å². The van der Waals surface area contributed by atoms with Crippen molar-refractivity contribution < 1.29 is 0 Å². The smallest absolute Gasteiger partial charge is 0.253 e. The van der Waals surface area contributed by atoms with Crippen LogP contribution in [0.25, 0.3) is 5.78 Å². The Kier molecular flexibility index (Phi) is 3.66. The molecule has 3 rings (SSSR count). The molecule has 1 saturated carbocycles. The third-order valence-corrected chi connectivity index (χ3v) is 4.20. The van der Waals surface area contributed by atoms with E-state index in [4.69, 9.17) is 17.3 Å². The summed E-state index contributed by atoms with van der Waals surface area (Å²) in [6.45, 7) is 0.578. The molecule has 2 aromatic heterocycles. The standard InChI is InChI=1S/C13H18ClN5/c14-12-11(9-4-2-1-3-5-9)10(6-7-15)19-13(18-12)16-8-17-19/h8-9H,1-7,15H2. The van der Waals surface area contributed by atoms with E-state index in [2.05, 4.69) is 15.1 Å². The van der Waals surface area contributed by atoms with Crippen LogP contribution in [0.4, 0.5) is 0 Å². The summed E-state index contributed by atoms with van der Waals surface area (Å²) in [6.07, 6.45) is 8.48.